The monoisotopic (exact) mass is 225 g/mol. The second-order valence-electron chi connectivity index (χ2n) is 2.56. The molecule has 0 rings (SSSR count). The first-order valence-electron chi connectivity index (χ1n) is 4.26. The first-order valence-corrected chi connectivity index (χ1v) is 4.26. The van der Waals surface area contributed by atoms with Crippen LogP contribution in [0.1, 0.15) is 6.92 Å². The van der Waals surface area contributed by atoms with Gasteiger partial charge in [0.05, 0.1) is 0 Å². The van der Waals surface area contributed by atoms with Crippen LogP contribution in [0.5, 0.6) is 0 Å². The molecule has 0 aromatic carbocycles. The van der Waals surface area contributed by atoms with Crippen molar-refractivity contribution in [3.8, 4) is 6.26 Å². The van der Waals surface area contributed by atoms with Crippen LogP contribution in [0.3, 0.4) is 0 Å². The van der Waals surface area contributed by atoms with Gasteiger partial charge in [-0.15, -0.1) is 0 Å². The van der Waals surface area contributed by atoms with Crippen molar-refractivity contribution >= 4 is 11.9 Å². The zero-order valence-corrected chi connectivity index (χ0v) is 8.71. The molecule has 0 bridgehead atoms. The highest BCUT2D eigenvalue weighted by molar-refractivity contribution is 5.82. The normalized spacial score (nSPS) is 12.5. The van der Waals surface area contributed by atoms with Gasteiger partial charge in [0.25, 0.3) is 12.5 Å². The van der Waals surface area contributed by atoms with E-state index in [2.05, 4.69) is 22.6 Å². The third kappa shape index (κ3) is 4.81. The summed E-state index contributed by atoms with van der Waals surface area (Å²) in [5, 5.41) is 8.31. The lowest BCUT2D eigenvalue weighted by atomic mass is 10.4. The van der Waals surface area contributed by atoms with E-state index in [1.54, 1.807) is 0 Å². The van der Waals surface area contributed by atoms with Gasteiger partial charge in [0.15, 0.2) is 6.10 Å². The summed E-state index contributed by atoms with van der Waals surface area (Å²) in [5.74, 6) is -1.50. The number of nitrogens with zero attached hydrogens (tertiary/aromatic N) is 1. The highest BCUT2D eigenvalue weighted by Gasteiger charge is 2.25. The summed E-state index contributed by atoms with van der Waals surface area (Å²) in [6, 6.07) is 0. The molecule has 0 aliphatic heterocycles. The topological polar surface area (TPSA) is 85.6 Å². The Morgan fingerprint density at radius 1 is 1.25 bits per heavy atom. The molecular weight excluding hydrogens is 214 g/mol. The van der Waals surface area contributed by atoms with Crippen molar-refractivity contribution in [2.24, 2.45) is 0 Å². The summed E-state index contributed by atoms with van der Waals surface area (Å²) in [7, 11) is 0. The van der Waals surface area contributed by atoms with Crippen molar-refractivity contribution in [2.75, 3.05) is 0 Å². The second kappa shape index (κ2) is 7.06. The van der Waals surface area contributed by atoms with E-state index < -0.39 is 24.3 Å². The Balaban J connectivity index is 4.45. The SMILES string of the molecule is C=CC(=O)OC(C)C(OC#N)OC(=O)C=C. The number of carbonyl (C=O) groups is 2. The van der Waals surface area contributed by atoms with Crippen molar-refractivity contribution < 1.29 is 23.8 Å². The van der Waals surface area contributed by atoms with Gasteiger partial charge in [0, 0.05) is 12.2 Å². The average molecular weight is 225 g/mol. The molecule has 0 saturated heterocycles. The molecule has 0 aromatic rings. The molecule has 86 valence electrons. The Labute approximate surface area is 92.7 Å². The Kier molecular flexibility index (Phi) is 6.05. The van der Waals surface area contributed by atoms with Gasteiger partial charge in [-0.05, 0) is 6.92 Å². The lowest BCUT2D eigenvalue weighted by Gasteiger charge is -2.20. The standard InChI is InChI=1S/C10H11NO5/c1-4-8(12)15-7(3)10(14-6-11)16-9(13)5-2/h4-5,7,10H,1-2H2,3H3. The number of ether oxygens (including phenoxy) is 3. The van der Waals surface area contributed by atoms with Crippen LogP contribution >= 0.6 is 0 Å². The molecule has 0 saturated carbocycles. The first kappa shape index (κ1) is 13.7. The molecule has 0 heterocycles. The van der Waals surface area contributed by atoms with E-state index in [-0.39, 0.29) is 0 Å². The van der Waals surface area contributed by atoms with Crippen LogP contribution in [-0.4, -0.2) is 24.3 Å². The predicted octanol–water partition coefficient (Wildman–Crippen LogP) is 0.657. The molecule has 0 fully saturated rings. The van der Waals surface area contributed by atoms with Crippen LogP contribution < -0.4 is 0 Å². The average Bonchev–Trinajstić information content (AvgIpc) is 2.27. The van der Waals surface area contributed by atoms with Crippen LogP contribution in [0.2, 0.25) is 0 Å². The lowest BCUT2D eigenvalue weighted by molar-refractivity contribution is -0.189. The van der Waals surface area contributed by atoms with Gasteiger partial charge in [0.1, 0.15) is 0 Å². The van der Waals surface area contributed by atoms with Gasteiger partial charge < -0.3 is 14.2 Å². The smallest absolute Gasteiger partial charge is 0.333 e. The fraction of sp³-hybridized carbons (Fsp3) is 0.300. The minimum absolute atomic E-state index is 0.714. The minimum atomic E-state index is -1.31. The van der Waals surface area contributed by atoms with Gasteiger partial charge in [-0.2, -0.15) is 5.26 Å². The molecule has 2 atom stereocenters. The number of hydrogen-bond donors (Lipinski definition) is 0. The van der Waals surface area contributed by atoms with E-state index in [0.29, 0.717) is 0 Å². The Morgan fingerprint density at radius 2 is 1.75 bits per heavy atom. The van der Waals surface area contributed by atoms with E-state index in [0.717, 1.165) is 12.2 Å². The molecule has 0 aromatic heterocycles. The molecule has 6 heteroatoms. The number of carbonyl (C=O) groups excluding carboxylic acids is 2. The van der Waals surface area contributed by atoms with Gasteiger partial charge >= 0.3 is 11.9 Å². The maximum atomic E-state index is 10.9. The largest absolute Gasteiger partial charge is 0.452 e. The lowest BCUT2D eigenvalue weighted by Crippen LogP contribution is -2.33. The van der Waals surface area contributed by atoms with E-state index in [4.69, 9.17) is 10.00 Å². The summed E-state index contributed by atoms with van der Waals surface area (Å²) in [5.41, 5.74) is 0. The summed E-state index contributed by atoms with van der Waals surface area (Å²) in [4.78, 5) is 21.7. The Morgan fingerprint density at radius 3 is 2.19 bits per heavy atom. The number of hydrogen-bond acceptors (Lipinski definition) is 6. The fourth-order valence-corrected chi connectivity index (χ4v) is 0.717. The molecular formula is C10H11NO5. The number of rotatable bonds is 6. The highest BCUT2D eigenvalue weighted by Crippen LogP contribution is 2.06. The summed E-state index contributed by atoms with van der Waals surface area (Å²) < 4.78 is 13.8. The fourth-order valence-electron chi connectivity index (χ4n) is 0.717. The van der Waals surface area contributed by atoms with Crippen LogP contribution in [0.15, 0.2) is 25.3 Å². The molecule has 0 aliphatic rings. The quantitative estimate of drug-likeness (QED) is 0.285. The zero-order chi connectivity index (χ0) is 12.6. The van der Waals surface area contributed by atoms with Crippen LogP contribution in [0.25, 0.3) is 0 Å². The zero-order valence-electron chi connectivity index (χ0n) is 8.71. The minimum Gasteiger partial charge on any atom is -0.452 e. The summed E-state index contributed by atoms with van der Waals surface area (Å²) in [6.45, 7) is 7.77. The molecule has 0 spiro atoms. The Bertz CT molecular complexity index is 331. The maximum absolute atomic E-state index is 10.9. The molecule has 16 heavy (non-hydrogen) atoms. The van der Waals surface area contributed by atoms with E-state index in [1.807, 2.05) is 0 Å². The van der Waals surface area contributed by atoms with E-state index in [9.17, 15) is 9.59 Å². The van der Waals surface area contributed by atoms with Crippen LogP contribution in [0, 0.1) is 11.5 Å². The van der Waals surface area contributed by atoms with Crippen LogP contribution in [-0.2, 0) is 23.8 Å². The van der Waals surface area contributed by atoms with Gasteiger partial charge in [0.2, 0.25) is 0 Å². The van der Waals surface area contributed by atoms with Crippen molar-refractivity contribution in [3.05, 3.63) is 25.3 Å². The third-order valence-electron chi connectivity index (χ3n) is 1.42. The van der Waals surface area contributed by atoms with Crippen molar-refractivity contribution in [3.63, 3.8) is 0 Å². The predicted molar refractivity (Wildman–Crippen MR) is 52.5 cm³/mol. The van der Waals surface area contributed by atoms with Crippen molar-refractivity contribution in [1.29, 1.82) is 5.26 Å². The Hall–Kier alpha value is -2.29. The molecule has 6 nitrogen and oxygen atoms in total. The van der Waals surface area contributed by atoms with Crippen LogP contribution in [0.4, 0.5) is 0 Å². The second-order valence-corrected chi connectivity index (χ2v) is 2.56. The van der Waals surface area contributed by atoms with Gasteiger partial charge in [-0.1, -0.05) is 13.2 Å². The van der Waals surface area contributed by atoms with Gasteiger partial charge in [-0.25, -0.2) is 9.59 Å². The highest BCUT2D eigenvalue weighted by atomic mass is 16.7. The molecule has 0 amide bonds. The summed E-state index contributed by atoms with van der Waals surface area (Å²) in [6.07, 6.45) is 0.937. The number of nitriles is 1. The van der Waals surface area contributed by atoms with Crippen molar-refractivity contribution in [1.82, 2.24) is 0 Å². The molecule has 0 aliphatic carbocycles. The van der Waals surface area contributed by atoms with Crippen molar-refractivity contribution in [2.45, 2.75) is 19.3 Å². The van der Waals surface area contributed by atoms with E-state index in [1.165, 1.54) is 13.2 Å². The maximum Gasteiger partial charge on any atom is 0.333 e. The first-order chi connectivity index (χ1) is 7.54. The third-order valence-corrected chi connectivity index (χ3v) is 1.42. The summed E-state index contributed by atoms with van der Waals surface area (Å²) >= 11 is 0. The van der Waals surface area contributed by atoms with E-state index >= 15 is 0 Å². The number of esters is 2. The molecule has 0 radical (unpaired) electrons. The molecule has 0 N–H and O–H groups in total. The van der Waals surface area contributed by atoms with Gasteiger partial charge in [-0.3, -0.25) is 0 Å². The molecule has 2 unspecified atom stereocenters.